The van der Waals surface area contributed by atoms with E-state index >= 15 is 0 Å². The summed E-state index contributed by atoms with van der Waals surface area (Å²) in [4.78, 5) is 2.40. The van der Waals surface area contributed by atoms with Gasteiger partial charge in [0.05, 0.1) is 12.3 Å². The zero-order chi connectivity index (χ0) is 13.7. The van der Waals surface area contributed by atoms with Crippen LogP contribution in [-0.2, 0) is 0 Å². The Hall–Kier alpha value is -1.38. The number of hydrogen-bond donors (Lipinski definition) is 1. The lowest BCUT2D eigenvalue weighted by molar-refractivity contribution is 0.342. The van der Waals surface area contributed by atoms with E-state index in [0.29, 0.717) is 12.6 Å². The van der Waals surface area contributed by atoms with Crippen molar-refractivity contribution in [3.63, 3.8) is 0 Å². The molecule has 1 fully saturated rings. The van der Waals surface area contributed by atoms with Gasteiger partial charge in [-0.15, -0.1) is 0 Å². The van der Waals surface area contributed by atoms with Gasteiger partial charge in [0.25, 0.3) is 0 Å². The number of rotatable bonds is 4. The minimum Gasteiger partial charge on any atom is -0.492 e. The number of nitrogens with zero attached hydrogens (tertiary/aromatic N) is 1. The van der Waals surface area contributed by atoms with Gasteiger partial charge in [-0.25, -0.2) is 0 Å². The highest BCUT2D eigenvalue weighted by atomic mass is 16.5. The molecule has 0 unspecified atom stereocenters. The lowest BCUT2D eigenvalue weighted by atomic mass is 10.1. The van der Waals surface area contributed by atoms with Crippen LogP contribution in [0.4, 0.5) is 11.4 Å². The number of nitrogen functional groups attached to an aromatic ring is 1. The molecule has 3 heteroatoms. The SMILES string of the molecule is CCOc1cc(N(C)C2CCCCCC2)ccc1N. The van der Waals surface area contributed by atoms with Crippen LogP contribution in [0.3, 0.4) is 0 Å². The molecule has 0 aromatic heterocycles. The predicted molar refractivity (Wildman–Crippen MR) is 81.9 cm³/mol. The Morgan fingerprint density at radius 2 is 1.89 bits per heavy atom. The second-order valence-corrected chi connectivity index (χ2v) is 5.41. The number of hydrogen-bond acceptors (Lipinski definition) is 3. The highest BCUT2D eigenvalue weighted by Crippen LogP contribution is 2.31. The van der Waals surface area contributed by atoms with Crippen molar-refractivity contribution < 1.29 is 4.74 Å². The molecule has 1 aliphatic rings. The molecule has 0 aliphatic heterocycles. The van der Waals surface area contributed by atoms with E-state index in [2.05, 4.69) is 24.1 Å². The van der Waals surface area contributed by atoms with Crippen molar-refractivity contribution in [2.75, 3.05) is 24.3 Å². The molecule has 19 heavy (non-hydrogen) atoms. The maximum absolute atomic E-state index is 5.94. The monoisotopic (exact) mass is 262 g/mol. The van der Waals surface area contributed by atoms with E-state index in [1.807, 2.05) is 13.0 Å². The minimum atomic E-state index is 0.653. The van der Waals surface area contributed by atoms with Gasteiger partial charge in [-0.05, 0) is 31.9 Å². The van der Waals surface area contributed by atoms with Crippen LogP contribution in [0.5, 0.6) is 5.75 Å². The van der Waals surface area contributed by atoms with Crippen LogP contribution >= 0.6 is 0 Å². The van der Waals surface area contributed by atoms with Crippen molar-refractivity contribution >= 4 is 11.4 Å². The van der Waals surface area contributed by atoms with E-state index in [0.717, 1.165) is 11.4 Å². The molecule has 1 aliphatic carbocycles. The van der Waals surface area contributed by atoms with Gasteiger partial charge in [0.2, 0.25) is 0 Å². The summed E-state index contributed by atoms with van der Waals surface area (Å²) in [5.74, 6) is 0.806. The third-order valence-electron chi connectivity index (χ3n) is 4.08. The fourth-order valence-electron chi connectivity index (χ4n) is 2.88. The fourth-order valence-corrected chi connectivity index (χ4v) is 2.88. The first-order valence-electron chi connectivity index (χ1n) is 7.47. The van der Waals surface area contributed by atoms with Gasteiger partial charge in [0.1, 0.15) is 5.75 Å². The van der Waals surface area contributed by atoms with E-state index in [9.17, 15) is 0 Å². The summed E-state index contributed by atoms with van der Waals surface area (Å²) in [5, 5.41) is 0. The first-order chi connectivity index (χ1) is 9.22. The number of ether oxygens (including phenoxy) is 1. The maximum atomic E-state index is 5.94. The summed E-state index contributed by atoms with van der Waals surface area (Å²) < 4.78 is 5.59. The topological polar surface area (TPSA) is 38.5 Å². The molecule has 2 rings (SSSR count). The average molecular weight is 262 g/mol. The molecule has 0 radical (unpaired) electrons. The van der Waals surface area contributed by atoms with Crippen molar-refractivity contribution in [3.8, 4) is 5.75 Å². The molecule has 1 aromatic rings. The summed E-state index contributed by atoms with van der Waals surface area (Å²) in [7, 11) is 2.19. The maximum Gasteiger partial charge on any atom is 0.144 e. The summed E-state index contributed by atoms with van der Waals surface area (Å²) in [5.41, 5.74) is 7.87. The normalized spacial score (nSPS) is 16.9. The second kappa shape index (κ2) is 6.69. The molecule has 3 nitrogen and oxygen atoms in total. The van der Waals surface area contributed by atoms with Crippen LogP contribution < -0.4 is 15.4 Å². The van der Waals surface area contributed by atoms with Gasteiger partial charge < -0.3 is 15.4 Å². The molecule has 0 heterocycles. The Morgan fingerprint density at radius 3 is 2.53 bits per heavy atom. The Bertz CT molecular complexity index is 398. The van der Waals surface area contributed by atoms with Gasteiger partial charge in [0, 0.05) is 24.8 Å². The molecule has 1 saturated carbocycles. The number of benzene rings is 1. The number of anilines is 2. The van der Waals surface area contributed by atoms with E-state index in [-0.39, 0.29) is 0 Å². The third kappa shape index (κ3) is 3.55. The van der Waals surface area contributed by atoms with Gasteiger partial charge >= 0.3 is 0 Å². The molecule has 0 saturated heterocycles. The van der Waals surface area contributed by atoms with Gasteiger partial charge in [0.15, 0.2) is 0 Å². The van der Waals surface area contributed by atoms with Crippen molar-refractivity contribution in [3.05, 3.63) is 18.2 Å². The Morgan fingerprint density at radius 1 is 1.21 bits per heavy atom. The fraction of sp³-hybridized carbons (Fsp3) is 0.625. The summed E-state index contributed by atoms with van der Waals surface area (Å²) in [6.07, 6.45) is 8.06. The van der Waals surface area contributed by atoms with E-state index in [1.165, 1.54) is 44.2 Å². The number of nitrogens with two attached hydrogens (primary N) is 1. The van der Waals surface area contributed by atoms with Crippen LogP contribution in [0.15, 0.2) is 18.2 Å². The molecule has 0 bridgehead atoms. The van der Waals surface area contributed by atoms with E-state index in [4.69, 9.17) is 10.5 Å². The van der Waals surface area contributed by atoms with Crippen molar-refractivity contribution in [2.45, 2.75) is 51.5 Å². The molecule has 1 aromatic carbocycles. The van der Waals surface area contributed by atoms with Crippen LogP contribution in [0.25, 0.3) is 0 Å². The molecular formula is C16H26N2O. The van der Waals surface area contributed by atoms with Gasteiger partial charge in [-0.1, -0.05) is 25.7 Å². The largest absolute Gasteiger partial charge is 0.492 e. The molecule has 0 atom stereocenters. The van der Waals surface area contributed by atoms with Crippen LogP contribution in [0.1, 0.15) is 45.4 Å². The lowest BCUT2D eigenvalue weighted by Crippen LogP contribution is -2.31. The Labute approximate surface area is 116 Å². The summed E-state index contributed by atoms with van der Waals surface area (Å²) >= 11 is 0. The van der Waals surface area contributed by atoms with Crippen LogP contribution in [-0.4, -0.2) is 19.7 Å². The molecule has 0 amide bonds. The van der Waals surface area contributed by atoms with Gasteiger partial charge in [-0.3, -0.25) is 0 Å². The first kappa shape index (κ1) is 14.0. The van der Waals surface area contributed by atoms with Crippen LogP contribution in [0, 0.1) is 0 Å². The van der Waals surface area contributed by atoms with E-state index in [1.54, 1.807) is 0 Å². The minimum absolute atomic E-state index is 0.653. The van der Waals surface area contributed by atoms with Gasteiger partial charge in [-0.2, -0.15) is 0 Å². The highest BCUT2D eigenvalue weighted by Gasteiger charge is 2.18. The average Bonchev–Trinajstić information content (AvgIpc) is 2.69. The highest BCUT2D eigenvalue weighted by molar-refractivity contribution is 5.62. The third-order valence-corrected chi connectivity index (χ3v) is 4.08. The second-order valence-electron chi connectivity index (χ2n) is 5.41. The van der Waals surface area contributed by atoms with Crippen molar-refractivity contribution in [1.29, 1.82) is 0 Å². The first-order valence-corrected chi connectivity index (χ1v) is 7.47. The summed E-state index contributed by atoms with van der Waals surface area (Å²) in [6, 6.07) is 6.78. The van der Waals surface area contributed by atoms with E-state index < -0.39 is 0 Å². The van der Waals surface area contributed by atoms with Crippen LogP contribution in [0.2, 0.25) is 0 Å². The van der Waals surface area contributed by atoms with Crippen molar-refractivity contribution in [2.24, 2.45) is 0 Å². The summed E-state index contributed by atoms with van der Waals surface area (Å²) in [6.45, 7) is 2.64. The lowest BCUT2D eigenvalue weighted by Gasteiger charge is -2.29. The molecule has 0 spiro atoms. The zero-order valence-electron chi connectivity index (χ0n) is 12.2. The molecule has 106 valence electrons. The molecular weight excluding hydrogens is 236 g/mol. The smallest absolute Gasteiger partial charge is 0.144 e. The Balaban J connectivity index is 2.13. The predicted octanol–water partition coefficient (Wildman–Crippen LogP) is 3.83. The zero-order valence-corrected chi connectivity index (χ0v) is 12.2. The molecule has 2 N–H and O–H groups in total. The standard InChI is InChI=1S/C16H26N2O/c1-3-19-16-12-14(10-11-15(16)17)18(2)13-8-6-4-5-7-9-13/h10-13H,3-9,17H2,1-2H3. The Kier molecular flexibility index (Phi) is 4.94. The quantitative estimate of drug-likeness (QED) is 0.662. The van der Waals surface area contributed by atoms with Crippen molar-refractivity contribution in [1.82, 2.24) is 0 Å².